The molecule has 0 saturated carbocycles. The third-order valence-corrected chi connectivity index (χ3v) is 4.05. The molecule has 26 heavy (non-hydrogen) atoms. The van der Waals surface area contributed by atoms with Crippen LogP contribution in [0.1, 0.15) is 5.56 Å². The van der Waals surface area contributed by atoms with E-state index in [4.69, 9.17) is 34.8 Å². The minimum atomic E-state index is -4.78. The second-order valence-corrected chi connectivity index (χ2v) is 6.23. The molecule has 0 radical (unpaired) electrons. The van der Waals surface area contributed by atoms with Crippen molar-refractivity contribution in [3.05, 3.63) is 63.4 Å². The van der Waals surface area contributed by atoms with E-state index in [1.807, 2.05) is 0 Å². The second-order valence-electron chi connectivity index (χ2n) is 5.02. The van der Waals surface area contributed by atoms with Gasteiger partial charge in [-0.05, 0) is 30.3 Å². The quantitative estimate of drug-likeness (QED) is 0.509. The summed E-state index contributed by atoms with van der Waals surface area (Å²) >= 11 is 17.6. The number of aromatic nitrogens is 3. The Bertz CT molecular complexity index is 949. The Morgan fingerprint density at radius 2 is 1.73 bits per heavy atom. The summed E-state index contributed by atoms with van der Waals surface area (Å²) in [6.45, 7) is 0. The molecule has 10 heteroatoms. The normalized spacial score (nSPS) is 11.5. The van der Waals surface area contributed by atoms with E-state index >= 15 is 0 Å². The molecule has 1 N–H and O–H groups in total. The van der Waals surface area contributed by atoms with Gasteiger partial charge in [0.2, 0.25) is 0 Å². The molecule has 0 amide bonds. The number of rotatable bonds is 3. The molecule has 0 aliphatic carbocycles. The van der Waals surface area contributed by atoms with Crippen molar-refractivity contribution in [2.24, 2.45) is 0 Å². The number of hydrogen-bond donors (Lipinski definition) is 1. The molecule has 3 rings (SSSR count). The zero-order chi connectivity index (χ0) is 18.9. The van der Waals surface area contributed by atoms with Gasteiger partial charge in [0, 0.05) is 11.2 Å². The van der Waals surface area contributed by atoms with Crippen molar-refractivity contribution in [2.45, 2.75) is 6.18 Å². The summed E-state index contributed by atoms with van der Waals surface area (Å²) in [6.07, 6.45) is -3.31. The second kappa shape index (κ2) is 7.26. The molecule has 1 aromatic carbocycles. The first-order valence-corrected chi connectivity index (χ1v) is 8.17. The lowest BCUT2D eigenvalue weighted by Gasteiger charge is -2.16. The molecule has 0 spiro atoms. The number of alkyl halides is 3. The molecule has 134 valence electrons. The van der Waals surface area contributed by atoms with Gasteiger partial charge in [-0.3, -0.25) is 4.98 Å². The highest BCUT2D eigenvalue weighted by molar-refractivity contribution is 6.36. The zero-order valence-electron chi connectivity index (χ0n) is 12.7. The third kappa shape index (κ3) is 4.00. The molecule has 0 saturated heterocycles. The first-order valence-electron chi connectivity index (χ1n) is 7.04. The summed E-state index contributed by atoms with van der Waals surface area (Å²) in [4.78, 5) is 11.7. The Hall–Kier alpha value is -2.09. The van der Waals surface area contributed by atoms with Crippen molar-refractivity contribution in [1.82, 2.24) is 15.0 Å². The van der Waals surface area contributed by atoms with Gasteiger partial charge >= 0.3 is 6.18 Å². The van der Waals surface area contributed by atoms with E-state index in [-0.39, 0.29) is 22.2 Å². The van der Waals surface area contributed by atoms with Crippen LogP contribution in [0.4, 0.5) is 24.7 Å². The Morgan fingerprint density at radius 3 is 2.35 bits per heavy atom. The summed E-state index contributed by atoms with van der Waals surface area (Å²) in [6, 6.07) is 9.16. The summed E-state index contributed by atoms with van der Waals surface area (Å²) in [7, 11) is 0. The fourth-order valence-electron chi connectivity index (χ4n) is 2.10. The Kier molecular flexibility index (Phi) is 5.22. The van der Waals surface area contributed by atoms with E-state index < -0.39 is 22.7 Å². The minimum absolute atomic E-state index is 0.0591. The number of nitrogens with one attached hydrogen (secondary N) is 1. The molecule has 0 aliphatic heterocycles. The standard InChI is InChI=1S/C16H8Cl3F3N4/c17-8-4-5-10(9(18)7-8)24-15-12(16(20,21)22)13(19)25-14(26-15)11-3-1-2-6-23-11/h1-7H,(H,24,25,26). The summed E-state index contributed by atoms with van der Waals surface area (Å²) in [5.74, 6) is -0.599. The lowest BCUT2D eigenvalue weighted by atomic mass is 10.2. The average Bonchev–Trinajstić information content (AvgIpc) is 2.56. The Morgan fingerprint density at radius 1 is 0.962 bits per heavy atom. The maximum absolute atomic E-state index is 13.4. The van der Waals surface area contributed by atoms with Gasteiger partial charge in [0.25, 0.3) is 0 Å². The lowest BCUT2D eigenvalue weighted by molar-refractivity contribution is -0.137. The van der Waals surface area contributed by atoms with Crippen LogP contribution < -0.4 is 5.32 Å². The van der Waals surface area contributed by atoms with Gasteiger partial charge in [-0.15, -0.1) is 0 Å². The van der Waals surface area contributed by atoms with Crippen LogP contribution in [0, 0.1) is 0 Å². The van der Waals surface area contributed by atoms with Crippen molar-refractivity contribution >= 4 is 46.3 Å². The van der Waals surface area contributed by atoms with E-state index in [9.17, 15) is 13.2 Å². The molecular weight excluding hydrogens is 412 g/mol. The van der Waals surface area contributed by atoms with Crippen LogP contribution in [0.2, 0.25) is 15.2 Å². The third-order valence-electron chi connectivity index (χ3n) is 3.23. The smallest absolute Gasteiger partial charge is 0.338 e. The first kappa shape index (κ1) is 18.7. The van der Waals surface area contributed by atoms with E-state index in [0.29, 0.717) is 5.02 Å². The fraction of sp³-hybridized carbons (Fsp3) is 0.0625. The summed E-state index contributed by atoms with van der Waals surface area (Å²) < 4.78 is 40.3. The summed E-state index contributed by atoms with van der Waals surface area (Å²) in [5.41, 5.74) is -0.749. The molecule has 0 unspecified atom stereocenters. The summed E-state index contributed by atoms with van der Waals surface area (Å²) in [5, 5.41) is 2.27. The largest absolute Gasteiger partial charge is 0.422 e. The number of anilines is 2. The van der Waals surface area contributed by atoms with Crippen molar-refractivity contribution in [3.8, 4) is 11.5 Å². The molecule has 0 bridgehead atoms. The van der Waals surface area contributed by atoms with E-state index in [1.165, 1.54) is 24.4 Å². The van der Waals surface area contributed by atoms with Crippen molar-refractivity contribution in [1.29, 1.82) is 0 Å². The van der Waals surface area contributed by atoms with Crippen LogP contribution in [-0.4, -0.2) is 15.0 Å². The number of nitrogens with zero attached hydrogens (tertiary/aromatic N) is 3. The van der Waals surface area contributed by atoms with Crippen LogP contribution >= 0.6 is 34.8 Å². The molecule has 3 aromatic rings. The van der Waals surface area contributed by atoms with E-state index in [1.54, 1.807) is 18.2 Å². The maximum Gasteiger partial charge on any atom is 0.422 e. The maximum atomic E-state index is 13.4. The molecule has 4 nitrogen and oxygen atoms in total. The Labute approximate surface area is 161 Å². The number of hydrogen-bond acceptors (Lipinski definition) is 4. The van der Waals surface area contributed by atoms with Crippen LogP contribution in [0.25, 0.3) is 11.5 Å². The average molecular weight is 420 g/mol. The SMILES string of the molecule is FC(F)(F)c1c(Cl)nc(-c2ccccn2)nc1Nc1ccc(Cl)cc1Cl. The van der Waals surface area contributed by atoms with Crippen molar-refractivity contribution in [3.63, 3.8) is 0 Å². The molecule has 2 heterocycles. The molecular formula is C16H8Cl3F3N4. The van der Waals surface area contributed by atoms with Crippen LogP contribution in [0.5, 0.6) is 0 Å². The molecule has 0 atom stereocenters. The van der Waals surface area contributed by atoms with E-state index in [0.717, 1.165) is 0 Å². The van der Waals surface area contributed by atoms with E-state index in [2.05, 4.69) is 20.3 Å². The predicted molar refractivity (Wildman–Crippen MR) is 95.0 cm³/mol. The lowest BCUT2D eigenvalue weighted by Crippen LogP contribution is -2.13. The van der Waals surface area contributed by atoms with Gasteiger partial charge in [-0.25, -0.2) is 9.97 Å². The van der Waals surface area contributed by atoms with Gasteiger partial charge in [0.15, 0.2) is 5.82 Å². The predicted octanol–water partition coefficient (Wildman–Crippen LogP) is 6.26. The fourth-order valence-corrected chi connectivity index (χ4v) is 2.84. The van der Waals surface area contributed by atoms with Gasteiger partial charge in [-0.2, -0.15) is 13.2 Å². The van der Waals surface area contributed by atoms with Gasteiger partial charge < -0.3 is 5.32 Å². The topological polar surface area (TPSA) is 50.7 Å². The monoisotopic (exact) mass is 418 g/mol. The number of halogens is 6. The van der Waals surface area contributed by atoms with Crippen molar-refractivity contribution < 1.29 is 13.2 Å². The van der Waals surface area contributed by atoms with Crippen LogP contribution in [0.3, 0.4) is 0 Å². The molecule has 0 aliphatic rings. The highest BCUT2D eigenvalue weighted by atomic mass is 35.5. The van der Waals surface area contributed by atoms with Gasteiger partial charge in [-0.1, -0.05) is 40.9 Å². The first-order chi connectivity index (χ1) is 12.3. The highest BCUT2D eigenvalue weighted by Gasteiger charge is 2.39. The zero-order valence-corrected chi connectivity index (χ0v) is 14.9. The van der Waals surface area contributed by atoms with Crippen LogP contribution in [0.15, 0.2) is 42.6 Å². The number of pyridine rings is 1. The minimum Gasteiger partial charge on any atom is -0.338 e. The van der Waals surface area contributed by atoms with Gasteiger partial charge in [0.05, 0.1) is 10.7 Å². The van der Waals surface area contributed by atoms with Crippen molar-refractivity contribution in [2.75, 3.05) is 5.32 Å². The Balaban J connectivity index is 2.15. The highest BCUT2D eigenvalue weighted by Crippen LogP contribution is 2.40. The number of benzene rings is 1. The van der Waals surface area contributed by atoms with Crippen LogP contribution in [-0.2, 0) is 6.18 Å². The molecule has 0 fully saturated rings. The van der Waals surface area contributed by atoms with Gasteiger partial charge in [0.1, 0.15) is 22.2 Å². The molecule has 2 aromatic heterocycles.